The topological polar surface area (TPSA) is 107 Å². The zero-order valence-electron chi connectivity index (χ0n) is 17.7. The molecule has 0 bridgehead atoms. The minimum atomic E-state index is -3.58. The Morgan fingerprint density at radius 2 is 1.48 bits per heavy atom. The van der Waals surface area contributed by atoms with Crippen LogP contribution in [0.1, 0.15) is 20.7 Å². The number of amides is 3. The third-order valence-corrected chi connectivity index (χ3v) is 7.88. The number of imide groups is 1. The molecule has 0 atom stereocenters. The molecule has 9 nitrogen and oxygen atoms in total. The van der Waals surface area contributed by atoms with E-state index in [1.807, 2.05) is 23.1 Å². The average molecular weight is 491 g/mol. The summed E-state index contributed by atoms with van der Waals surface area (Å²) in [5, 5.41) is 3.12. The lowest BCUT2D eigenvalue weighted by Gasteiger charge is -2.35. The first-order valence-corrected chi connectivity index (χ1v) is 12.5. The number of fused-ring (bicyclic) bond motifs is 1. The summed E-state index contributed by atoms with van der Waals surface area (Å²) in [6.07, 6.45) is 0. The van der Waals surface area contributed by atoms with Crippen LogP contribution in [0.25, 0.3) is 0 Å². The minimum Gasteiger partial charge on any atom is -0.368 e. The summed E-state index contributed by atoms with van der Waals surface area (Å²) in [7, 11) is -3.58. The number of hydrogen-bond donors (Lipinski definition) is 1. The van der Waals surface area contributed by atoms with Crippen LogP contribution < -0.4 is 10.2 Å². The quantitative estimate of drug-likeness (QED) is 0.584. The third kappa shape index (κ3) is 4.87. The van der Waals surface area contributed by atoms with Gasteiger partial charge in [0.15, 0.2) is 0 Å². The standard InChI is InChI=1S/C22H23ClN4O5S/c23-18-7-3-4-8-19(18)25-10-12-26(13-11-25)33(31,32)14-9-24-20(28)15-27-21(29)16-5-1-2-6-17(16)22(27)30/h1-8H,9-15H2,(H,24,28). The summed E-state index contributed by atoms with van der Waals surface area (Å²) in [5.74, 6) is -1.93. The second-order valence-corrected chi connectivity index (χ2v) is 10.2. The van der Waals surface area contributed by atoms with Gasteiger partial charge in [-0.05, 0) is 24.3 Å². The molecule has 0 aliphatic carbocycles. The summed E-state index contributed by atoms with van der Waals surface area (Å²) >= 11 is 6.23. The molecule has 3 amide bonds. The number of hydrogen-bond acceptors (Lipinski definition) is 6. The lowest BCUT2D eigenvalue weighted by atomic mass is 10.1. The van der Waals surface area contributed by atoms with E-state index in [1.165, 1.54) is 16.4 Å². The molecule has 1 saturated heterocycles. The molecule has 0 unspecified atom stereocenters. The Morgan fingerprint density at radius 3 is 2.09 bits per heavy atom. The van der Waals surface area contributed by atoms with Gasteiger partial charge in [0.05, 0.1) is 27.6 Å². The van der Waals surface area contributed by atoms with Crippen molar-refractivity contribution >= 4 is 45.0 Å². The molecule has 1 fully saturated rings. The molecule has 33 heavy (non-hydrogen) atoms. The van der Waals surface area contributed by atoms with Gasteiger partial charge in [0.1, 0.15) is 6.54 Å². The van der Waals surface area contributed by atoms with Crippen LogP contribution in [0, 0.1) is 0 Å². The normalized spacial score (nSPS) is 16.8. The van der Waals surface area contributed by atoms with Crippen LogP contribution in [0.15, 0.2) is 48.5 Å². The number of para-hydroxylation sites is 1. The van der Waals surface area contributed by atoms with Gasteiger partial charge in [-0.15, -0.1) is 0 Å². The Labute approximate surface area is 197 Å². The molecule has 2 aliphatic heterocycles. The summed E-state index contributed by atoms with van der Waals surface area (Å²) < 4.78 is 26.8. The molecule has 0 aromatic heterocycles. The highest BCUT2D eigenvalue weighted by Gasteiger charge is 2.36. The van der Waals surface area contributed by atoms with E-state index in [0.29, 0.717) is 31.2 Å². The van der Waals surface area contributed by atoms with Crippen molar-refractivity contribution in [2.75, 3.05) is 49.9 Å². The fourth-order valence-electron chi connectivity index (χ4n) is 3.95. The number of anilines is 1. The Hall–Kier alpha value is -2.95. The van der Waals surface area contributed by atoms with Gasteiger partial charge in [-0.25, -0.2) is 8.42 Å². The van der Waals surface area contributed by atoms with Gasteiger partial charge in [-0.3, -0.25) is 19.3 Å². The molecule has 2 aromatic rings. The van der Waals surface area contributed by atoms with Crippen LogP contribution in [-0.2, 0) is 14.8 Å². The molecule has 1 N–H and O–H groups in total. The van der Waals surface area contributed by atoms with Gasteiger partial charge in [0, 0.05) is 32.7 Å². The minimum absolute atomic E-state index is 0.116. The van der Waals surface area contributed by atoms with Crippen LogP contribution >= 0.6 is 11.6 Å². The highest BCUT2D eigenvalue weighted by molar-refractivity contribution is 7.89. The van der Waals surface area contributed by atoms with E-state index < -0.39 is 34.3 Å². The van der Waals surface area contributed by atoms with E-state index in [2.05, 4.69) is 5.32 Å². The zero-order chi connectivity index (χ0) is 23.6. The molecule has 2 heterocycles. The van der Waals surface area contributed by atoms with Crippen molar-refractivity contribution in [1.82, 2.24) is 14.5 Å². The Morgan fingerprint density at radius 1 is 0.909 bits per heavy atom. The SMILES string of the molecule is O=C(CN1C(=O)c2ccccc2C1=O)NCCS(=O)(=O)N1CCN(c2ccccc2Cl)CC1. The first-order valence-electron chi connectivity index (χ1n) is 10.5. The number of carbonyl (C=O) groups is 3. The molecule has 174 valence electrons. The van der Waals surface area contributed by atoms with E-state index in [9.17, 15) is 22.8 Å². The van der Waals surface area contributed by atoms with E-state index in [1.54, 1.807) is 18.2 Å². The molecule has 2 aromatic carbocycles. The molecular weight excluding hydrogens is 468 g/mol. The van der Waals surface area contributed by atoms with Gasteiger partial charge in [0.25, 0.3) is 11.8 Å². The summed E-state index contributed by atoms with van der Waals surface area (Å²) in [4.78, 5) is 39.8. The Balaban J connectivity index is 1.25. The maximum atomic E-state index is 12.7. The summed E-state index contributed by atoms with van der Waals surface area (Å²) in [6, 6.07) is 13.8. The number of nitrogens with zero attached hydrogens (tertiary/aromatic N) is 3. The lowest BCUT2D eigenvalue weighted by molar-refractivity contribution is -0.121. The fraction of sp³-hybridized carbons (Fsp3) is 0.318. The number of rotatable bonds is 7. The average Bonchev–Trinajstić information content (AvgIpc) is 3.04. The van der Waals surface area contributed by atoms with Gasteiger partial charge < -0.3 is 10.2 Å². The van der Waals surface area contributed by atoms with Crippen molar-refractivity contribution < 1.29 is 22.8 Å². The largest absolute Gasteiger partial charge is 0.368 e. The number of piperazine rings is 1. The number of carbonyl (C=O) groups excluding carboxylic acids is 3. The van der Waals surface area contributed by atoms with E-state index in [-0.39, 0.29) is 23.4 Å². The molecular formula is C22H23ClN4O5S. The van der Waals surface area contributed by atoms with Gasteiger partial charge in [-0.2, -0.15) is 4.31 Å². The Bertz CT molecular complexity index is 1160. The highest BCUT2D eigenvalue weighted by atomic mass is 35.5. The van der Waals surface area contributed by atoms with Gasteiger partial charge in [-0.1, -0.05) is 35.9 Å². The molecule has 4 rings (SSSR count). The molecule has 0 saturated carbocycles. The number of sulfonamides is 1. The second kappa shape index (κ2) is 9.50. The molecule has 11 heteroatoms. The molecule has 0 radical (unpaired) electrons. The van der Waals surface area contributed by atoms with Crippen molar-refractivity contribution in [2.24, 2.45) is 0 Å². The van der Waals surface area contributed by atoms with E-state index in [4.69, 9.17) is 11.6 Å². The van der Waals surface area contributed by atoms with Crippen molar-refractivity contribution in [1.29, 1.82) is 0 Å². The third-order valence-electron chi connectivity index (χ3n) is 5.69. The zero-order valence-corrected chi connectivity index (χ0v) is 19.3. The van der Waals surface area contributed by atoms with Crippen molar-refractivity contribution in [3.63, 3.8) is 0 Å². The van der Waals surface area contributed by atoms with Crippen molar-refractivity contribution in [3.8, 4) is 0 Å². The van der Waals surface area contributed by atoms with E-state index >= 15 is 0 Å². The first-order chi connectivity index (χ1) is 15.8. The summed E-state index contributed by atoms with van der Waals surface area (Å²) in [5.41, 5.74) is 1.39. The monoisotopic (exact) mass is 490 g/mol. The number of halogens is 1. The number of nitrogens with one attached hydrogen (secondary N) is 1. The van der Waals surface area contributed by atoms with Crippen molar-refractivity contribution in [2.45, 2.75) is 0 Å². The van der Waals surface area contributed by atoms with Crippen LogP contribution in [0.4, 0.5) is 5.69 Å². The Kier molecular flexibility index (Phi) is 6.68. The van der Waals surface area contributed by atoms with Gasteiger partial charge >= 0.3 is 0 Å². The predicted molar refractivity (Wildman–Crippen MR) is 124 cm³/mol. The molecule has 2 aliphatic rings. The van der Waals surface area contributed by atoms with Crippen LogP contribution in [-0.4, -0.2) is 80.4 Å². The lowest BCUT2D eigenvalue weighted by Crippen LogP contribution is -2.50. The maximum Gasteiger partial charge on any atom is 0.262 e. The van der Waals surface area contributed by atoms with E-state index in [0.717, 1.165) is 10.6 Å². The van der Waals surface area contributed by atoms with Crippen LogP contribution in [0.3, 0.4) is 0 Å². The van der Waals surface area contributed by atoms with Crippen LogP contribution in [0.2, 0.25) is 5.02 Å². The smallest absolute Gasteiger partial charge is 0.262 e. The predicted octanol–water partition coefficient (Wildman–Crippen LogP) is 1.20. The maximum absolute atomic E-state index is 12.7. The fourth-order valence-corrected chi connectivity index (χ4v) is 5.54. The summed E-state index contributed by atoms with van der Waals surface area (Å²) in [6.45, 7) is 1.08. The van der Waals surface area contributed by atoms with Gasteiger partial charge in [0.2, 0.25) is 15.9 Å². The van der Waals surface area contributed by atoms with Crippen LogP contribution in [0.5, 0.6) is 0 Å². The molecule has 0 spiro atoms. The first kappa shape index (κ1) is 23.2. The second-order valence-electron chi connectivity index (χ2n) is 7.75. The van der Waals surface area contributed by atoms with Crippen molar-refractivity contribution in [3.05, 3.63) is 64.7 Å². The number of benzene rings is 2. The highest BCUT2D eigenvalue weighted by Crippen LogP contribution is 2.26.